The van der Waals surface area contributed by atoms with Gasteiger partial charge in [-0.1, -0.05) is 41.9 Å². The number of para-hydroxylation sites is 1. The van der Waals surface area contributed by atoms with Crippen LogP contribution in [0.3, 0.4) is 0 Å². The highest BCUT2D eigenvalue weighted by Gasteiger charge is 2.30. The van der Waals surface area contributed by atoms with Crippen molar-refractivity contribution < 1.29 is 4.79 Å². The number of amidine groups is 1. The summed E-state index contributed by atoms with van der Waals surface area (Å²) in [5, 5.41) is 3.49. The molecule has 1 fully saturated rings. The van der Waals surface area contributed by atoms with E-state index in [1.165, 1.54) is 11.8 Å². The summed E-state index contributed by atoms with van der Waals surface area (Å²) in [7, 11) is 1.76. The smallest absolute Gasteiger partial charge is 0.266 e. The quantitative estimate of drug-likeness (QED) is 0.474. The lowest BCUT2D eigenvalue weighted by Crippen LogP contribution is -2.23. The molecule has 134 valence electrons. The molecule has 0 spiro atoms. The molecule has 0 atom stereocenters. The van der Waals surface area contributed by atoms with Crippen LogP contribution in [0.1, 0.15) is 4.88 Å². The zero-order valence-electron chi connectivity index (χ0n) is 14.4. The summed E-state index contributed by atoms with van der Waals surface area (Å²) in [6, 6.07) is 19.5. The average molecular weight is 411 g/mol. The number of likely N-dealkylation sites (N-methyl/N-ethyl adjacent to an activating group) is 1. The number of nitrogens with zero attached hydrogens (tertiary/aromatic N) is 2. The Morgan fingerprint density at radius 1 is 1.04 bits per heavy atom. The van der Waals surface area contributed by atoms with E-state index in [0.29, 0.717) is 10.1 Å². The minimum Gasteiger partial charge on any atom is -0.290 e. The van der Waals surface area contributed by atoms with E-state index in [0.717, 1.165) is 26.7 Å². The number of hydrogen-bond donors (Lipinski definition) is 0. The summed E-state index contributed by atoms with van der Waals surface area (Å²) in [5.74, 6) is -0.0314. The maximum absolute atomic E-state index is 12.6. The van der Waals surface area contributed by atoms with Crippen molar-refractivity contribution in [3.63, 3.8) is 0 Å². The lowest BCUT2D eigenvalue weighted by Gasteiger charge is -2.06. The predicted octanol–water partition coefficient (Wildman–Crippen LogP) is 6.30. The van der Waals surface area contributed by atoms with Gasteiger partial charge in [0, 0.05) is 16.9 Å². The van der Waals surface area contributed by atoms with Crippen LogP contribution in [-0.2, 0) is 4.79 Å². The van der Waals surface area contributed by atoms with E-state index in [4.69, 9.17) is 11.6 Å². The molecule has 4 rings (SSSR count). The average Bonchev–Trinajstić information content (AvgIpc) is 3.24. The molecule has 0 aliphatic carbocycles. The van der Waals surface area contributed by atoms with Crippen molar-refractivity contribution in [3.05, 3.63) is 80.8 Å². The molecule has 2 aromatic carbocycles. The third-order valence-electron chi connectivity index (χ3n) is 4.06. The highest BCUT2D eigenvalue weighted by molar-refractivity contribution is 8.18. The molecule has 0 unspecified atom stereocenters. The van der Waals surface area contributed by atoms with Crippen LogP contribution < -0.4 is 0 Å². The van der Waals surface area contributed by atoms with Crippen molar-refractivity contribution in [3.8, 4) is 11.1 Å². The summed E-state index contributed by atoms with van der Waals surface area (Å²) in [6.07, 6.45) is 1.93. The number of thioether (sulfide) groups is 1. The van der Waals surface area contributed by atoms with Gasteiger partial charge in [-0.05, 0) is 64.7 Å². The van der Waals surface area contributed by atoms with Gasteiger partial charge in [0.25, 0.3) is 5.91 Å². The van der Waals surface area contributed by atoms with Crippen LogP contribution >= 0.6 is 34.7 Å². The van der Waals surface area contributed by atoms with Gasteiger partial charge in [0.1, 0.15) is 0 Å². The molecule has 6 heteroatoms. The van der Waals surface area contributed by atoms with Gasteiger partial charge in [0.15, 0.2) is 5.17 Å². The van der Waals surface area contributed by atoms with E-state index in [2.05, 4.69) is 16.4 Å². The number of amides is 1. The summed E-state index contributed by atoms with van der Waals surface area (Å²) in [6.45, 7) is 0. The van der Waals surface area contributed by atoms with Crippen LogP contribution in [0.2, 0.25) is 5.02 Å². The second-order valence-corrected chi connectivity index (χ2v) is 8.34. The Morgan fingerprint density at radius 2 is 1.78 bits per heavy atom. The molecular weight excluding hydrogens is 396 g/mol. The first-order valence-corrected chi connectivity index (χ1v) is 10.3. The minimum atomic E-state index is -0.0314. The number of halogens is 1. The Balaban J connectivity index is 1.58. The van der Waals surface area contributed by atoms with Gasteiger partial charge in [-0.3, -0.25) is 9.69 Å². The SMILES string of the molecule is CN1C(=O)/C(=C/c2cc(-c3ccc(Cl)cc3)cs2)S/C1=N/c1ccccc1. The third kappa shape index (κ3) is 4.00. The second kappa shape index (κ2) is 7.72. The fourth-order valence-corrected chi connectivity index (χ4v) is 4.64. The Morgan fingerprint density at radius 3 is 2.52 bits per heavy atom. The molecule has 0 N–H and O–H groups in total. The first-order valence-electron chi connectivity index (χ1n) is 8.26. The van der Waals surface area contributed by atoms with E-state index >= 15 is 0 Å². The molecule has 1 aliphatic heterocycles. The van der Waals surface area contributed by atoms with Crippen molar-refractivity contribution in [2.45, 2.75) is 0 Å². The lowest BCUT2D eigenvalue weighted by molar-refractivity contribution is -0.121. The first kappa shape index (κ1) is 18.0. The Hall–Kier alpha value is -2.34. The van der Waals surface area contributed by atoms with E-state index in [9.17, 15) is 4.79 Å². The molecule has 0 radical (unpaired) electrons. The lowest BCUT2D eigenvalue weighted by atomic mass is 10.1. The molecule has 0 bridgehead atoms. The molecule has 0 saturated carbocycles. The van der Waals surface area contributed by atoms with Gasteiger partial charge in [0.05, 0.1) is 10.6 Å². The second-order valence-electron chi connectivity index (χ2n) is 5.95. The van der Waals surface area contributed by atoms with Crippen molar-refractivity contribution in [2.24, 2.45) is 4.99 Å². The molecule has 1 aromatic heterocycles. The number of aliphatic imine (C=N–C) groups is 1. The molecule has 1 aliphatic rings. The van der Waals surface area contributed by atoms with Gasteiger partial charge in [-0.2, -0.15) is 0 Å². The number of benzene rings is 2. The van der Waals surface area contributed by atoms with E-state index < -0.39 is 0 Å². The number of thiophene rings is 1. The predicted molar refractivity (Wildman–Crippen MR) is 117 cm³/mol. The fraction of sp³-hybridized carbons (Fsp3) is 0.0476. The van der Waals surface area contributed by atoms with Crippen LogP contribution in [0.25, 0.3) is 17.2 Å². The van der Waals surface area contributed by atoms with Crippen LogP contribution in [-0.4, -0.2) is 23.0 Å². The maximum Gasteiger partial charge on any atom is 0.266 e. The Kier molecular flexibility index (Phi) is 5.16. The molecule has 3 aromatic rings. The van der Waals surface area contributed by atoms with Crippen LogP contribution in [0.15, 0.2) is 75.9 Å². The van der Waals surface area contributed by atoms with Crippen LogP contribution in [0.5, 0.6) is 0 Å². The van der Waals surface area contributed by atoms with Gasteiger partial charge in [-0.25, -0.2) is 4.99 Å². The highest BCUT2D eigenvalue weighted by Crippen LogP contribution is 2.35. The van der Waals surface area contributed by atoms with Crippen molar-refractivity contribution in [1.82, 2.24) is 4.90 Å². The summed E-state index contributed by atoms with van der Waals surface area (Å²) < 4.78 is 0. The fourth-order valence-electron chi connectivity index (χ4n) is 2.62. The van der Waals surface area contributed by atoms with E-state index in [-0.39, 0.29) is 5.91 Å². The number of carbonyl (C=O) groups is 1. The van der Waals surface area contributed by atoms with Crippen LogP contribution in [0.4, 0.5) is 5.69 Å². The third-order valence-corrected chi connectivity index (χ3v) is 6.25. The summed E-state index contributed by atoms with van der Waals surface area (Å²) in [5.41, 5.74) is 3.06. The van der Waals surface area contributed by atoms with Gasteiger partial charge < -0.3 is 0 Å². The van der Waals surface area contributed by atoms with Gasteiger partial charge in [0.2, 0.25) is 0 Å². The zero-order chi connectivity index (χ0) is 18.8. The zero-order valence-corrected chi connectivity index (χ0v) is 16.8. The monoisotopic (exact) mass is 410 g/mol. The molecule has 3 nitrogen and oxygen atoms in total. The molecular formula is C21H15ClN2OS2. The largest absolute Gasteiger partial charge is 0.290 e. The minimum absolute atomic E-state index is 0.0314. The summed E-state index contributed by atoms with van der Waals surface area (Å²) in [4.78, 5) is 20.5. The van der Waals surface area contributed by atoms with Crippen LogP contribution in [0, 0.1) is 0 Å². The maximum atomic E-state index is 12.6. The molecule has 1 saturated heterocycles. The molecule has 1 amide bonds. The number of rotatable bonds is 3. The standard InChI is InChI=1S/C21H15ClN2OS2/c1-24-20(25)19(27-21(24)23-17-5-3-2-4-6-17)12-18-11-15(13-26-18)14-7-9-16(22)10-8-14/h2-13H,1H3/b19-12-,23-21+. The van der Waals surface area contributed by atoms with Crippen molar-refractivity contribution >= 4 is 57.5 Å². The van der Waals surface area contributed by atoms with Gasteiger partial charge in [-0.15, -0.1) is 11.3 Å². The highest BCUT2D eigenvalue weighted by atomic mass is 35.5. The Labute approximate surface area is 171 Å². The molecule has 2 heterocycles. The van der Waals surface area contributed by atoms with E-state index in [1.807, 2.05) is 60.7 Å². The topological polar surface area (TPSA) is 32.7 Å². The van der Waals surface area contributed by atoms with E-state index in [1.54, 1.807) is 23.3 Å². The summed E-state index contributed by atoms with van der Waals surface area (Å²) >= 11 is 8.97. The number of carbonyl (C=O) groups excluding carboxylic acids is 1. The molecule has 27 heavy (non-hydrogen) atoms. The van der Waals surface area contributed by atoms with Crippen molar-refractivity contribution in [1.29, 1.82) is 0 Å². The Bertz CT molecular complexity index is 1040. The normalized spacial score (nSPS) is 17.3. The van der Waals surface area contributed by atoms with Crippen molar-refractivity contribution in [2.75, 3.05) is 7.05 Å². The van der Waals surface area contributed by atoms with Gasteiger partial charge >= 0.3 is 0 Å². The number of hydrogen-bond acceptors (Lipinski definition) is 4. The first-order chi connectivity index (χ1) is 13.1.